The van der Waals surface area contributed by atoms with E-state index in [0.29, 0.717) is 6.04 Å². The molecule has 0 heterocycles. The molecule has 0 radical (unpaired) electrons. The molecule has 0 spiro atoms. The summed E-state index contributed by atoms with van der Waals surface area (Å²) in [5, 5.41) is 0. The summed E-state index contributed by atoms with van der Waals surface area (Å²) in [7, 11) is 2.24. The fourth-order valence-electron chi connectivity index (χ4n) is 2.35. The van der Waals surface area contributed by atoms with Crippen LogP contribution in [0.4, 0.5) is 0 Å². The predicted molar refractivity (Wildman–Crippen MR) is 62.3 cm³/mol. The van der Waals surface area contributed by atoms with Crippen molar-refractivity contribution in [1.29, 1.82) is 0 Å². The van der Waals surface area contributed by atoms with E-state index in [4.69, 9.17) is 5.73 Å². The fourth-order valence-corrected chi connectivity index (χ4v) is 2.35. The molecule has 2 heteroatoms. The standard InChI is InChI=1S/C12H26N2/c1-5-8-12(3,9-13)14(4)10(2)11-6-7-11/h10-11H,5-9,13H2,1-4H3. The summed E-state index contributed by atoms with van der Waals surface area (Å²) in [5.41, 5.74) is 6.12. The second-order valence-corrected chi connectivity index (χ2v) is 5.14. The lowest BCUT2D eigenvalue weighted by molar-refractivity contribution is 0.0807. The molecule has 14 heavy (non-hydrogen) atoms. The fraction of sp³-hybridized carbons (Fsp3) is 1.00. The maximum absolute atomic E-state index is 5.91. The molecule has 0 amide bonds. The molecule has 0 aromatic rings. The Labute approximate surface area is 88.8 Å². The average molecular weight is 198 g/mol. The summed E-state index contributed by atoms with van der Waals surface area (Å²) < 4.78 is 0. The molecular formula is C12H26N2. The minimum absolute atomic E-state index is 0.205. The lowest BCUT2D eigenvalue weighted by Crippen LogP contribution is -2.53. The molecule has 2 N–H and O–H groups in total. The van der Waals surface area contributed by atoms with Crippen molar-refractivity contribution in [2.75, 3.05) is 13.6 Å². The van der Waals surface area contributed by atoms with E-state index in [2.05, 4.69) is 32.7 Å². The highest BCUT2D eigenvalue weighted by Gasteiger charge is 2.37. The topological polar surface area (TPSA) is 29.3 Å². The number of hydrogen-bond donors (Lipinski definition) is 1. The van der Waals surface area contributed by atoms with Crippen LogP contribution in [0.5, 0.6) is 0 Å². The third-order valence-electron chi connectivity index (χ3n) is 3.99. The number of hydrogen-bond acceptors (Lipinski definition) is 2. The van der Waals surface area contributed by atoms with E-state index in [1.54, 1.807) is 0 Å². The van der Waals surface area contributed by atoms with Crippen molar-refractivity contribution in [2.24, 2.45) is 11.7 Å². The zero-order valence-electron chi connectivity index (χ0n) is 10.2. The molecule has 0 aromatic carbocycles. The normalized spacial score (nSPS) is 23.6. The van der Waals surface area contributed by atoms with E-state index in [1.807, 2.05) is 0 Å². The first-order valence-electron chi connectivity index (χ1n) is 5.98. The molecule has 0 saturated heterocycles. The second-order valence-electron chi connectivity index (χ2n) is 5.14. The molecule has 84 valence electrons. The van der Waals surface area contributed by atoms with E-state index < -0.39 is 0 Å². The van der Waals surface area contributed by atoms with E-state index in [-0.39, 0.29) is 5.54 Å². The third-order valence-corrected chi connectivity index (χ3v) is 3.99. The third kappa shape index (κ3) is 2.48. The van der Waals surface area contributed by atoms with Crippen LogP contribution >= 0.6 is 0 Å². The Hall–Kier alpha value is -0.0800. The SMILES string of the molecule is CCCC(C)(CN)N(C)C(C)C1CC1. The van der Waals surface area contributed by atoms with Gasteiger partial charge in [0.2, 0.25) is 0 Å². The quantitative estimate of drug-likeness (QED) is 0.709. The van der Waals surface area contributed by atoms with Gasteiger partial charge in [-0.2, -0.15) is 0 Å². The molecule has 0 bridgehead atoms. The first-order valence-corrected chi connectivity index (χ1v) is 5.98. The number of rotatable bonds is 6. The average Bonchev–Trinajstić information content (AvgIpc) is 2.99. The van der Waals surface area contributed by atoms with Gasteiger partial charge in [0.15, 0.2) is 0 Å². The first-order chi connectivity index (χ1) is 6.55. The molecule has 2 unspecified atom stereocenters. The van der Waals surface area contributed by atoms with Gasteiger partial charge in [-0.15, -0.1) is 0 Å². The van der Waals surface area contributed by atoms with Crippen LogP contribution in [0.2, 0.25) is 0 Å². The van der Waals surface area contributed by atoms with E-state index in [0.717, 1.165) is 12.5 Å². The minimum Gasteiger partial charge on any atom is -0.329 e. The molecular weight excluding hydrogens is 172 g/mol. The van der Waals surface area contributed by atoms with Crippen molar-refractivity contribution >= 4 is 0 Å². The Bertz CT molecular complexity index is 177. The Balaban J connectivity index is 2.56. The van der Waals surface area contributed by atoms with Crippen molar-refractivity contribution < 1.29 is 0 Å². The van der Waals surface area contributed by atoms with Gasteiger partial charge in [0.25, 0.3) is 0 Å². The van der Waals surface area contributed by atoms with Crippen molar-refractivity contribution in [2.45, 2.75) is 58.0 Å². The van der Waals surface area contributed by atoms with Crippen LogP contribution in [-0.2, 0) is 0 Å². The van der Waals surface area contributed by atoms with Crippen molar-refractivity contribution in [3.8, 4) is 0 Å². The zero-order chi connectivity index (χ0) is 10.8. The van der Waals surface area contributed by atoms with Crippen LogP contribution in [0.15, 0.2) is 0 Å². The lowest BCUT2D eigenvalue weighted by atomic mass is 9.92. The van der Waals surface area contributed by atoms with Gasteiger partial charge in [0.1, 0.15) is 0 Å². The van der Waals surface area contributed by atoms with E-state index in [1.165, 1.54) is 25.7 Å². The largest absolute Gasteiger partial charge is 0.329 e. The van der Waals surface area contributed by atoms with Gasteiger partial charge in [-0.05, 0) is 46.1 Å². The number of likely N-dealkylation sites (N-methyl/N-ethyl adjacent to an activating group) is 1. The van der Waals surface area contributed by atoms with Gasteiger partial charge in [0.05, 0.1) is 0 Å². The predicted octanol–water partition coefficient (Wildman–Crippen LogP) is 2.23. The molecule has 0 aromatic heterocycles. The molecule has 1 rings (SSSR count). The molecule has 1 aliphatic carbocycles. The summed E-state index contributed by atoms with van der Waals surface area (Å²) in [5.74, 6) is 0.933. The summed E-state index contributed by atoms with van der Waals surface area (Å²) in [6.45, 7) is 7.66. The highest BCUT2D eigenvalue weighted by Crippen LogP contribution is 2.37. The molecule has 1 fully saturated rings. The van der Waals surface area contributed by atoms with Crippen LogP contribution in [0.1, 0.15) is 46.5 Å². The van der Waals surface area contributed by atoms with E-state index in [9.17, 15) is 0 Å². The second kappa shape index (κ2) is 4.63. The van der Waals surface area contributed by atoms with Crippen LogP contribution in [-0.4, -0.2) is 30.1 Å². The van der Waals surface area contributed by atoms with Gasteiger partial charge < -0.3 is 5.73 Å². The number of nitrogens with two attached hydrogens (primary N) is 1. The van der Waals surface area contributed by atoms with Gasteiger partial charge in [0, 0.05) is 18.1 Å². The van der Waals surface area contributed by atoms with Crippen LogP contribution < -0.4 is 5.73 Å². The Morgan fingerprint density at radius 2 is 2.07 bits per heavy atom. The molecule has 2 nitrogen and oxygen atoms in total. The summed E-state index contributed by atoms with van der Waals surface area (Å²) >= 11 is 0. The monoisotopic (exact) mass is 198 g/mol. The zero-order valence-corrected chi connectivity index (χ0v) is 10.2. The number of nitrogens with zero attached hydrogens (tertiary/aromatic N) is 1. The maximum atomic E-state index is 5.91. The smallest absolute Gasteiger partial charge is 0.0303 e. The highest BCUT2D eigenvalue weighted by molar-refractivity contribution is 4.93. The summed E-state index contributed by atoms with van der Waals surface area (Å²) in [4.78, 5) is 2.51. The van der Waals surface area contributed by atoms with Crippen LogP contribution in [0, 0.1) is 5.92 Å². The maximum Gasteiger partial charge on any atom is 0.0303 e. The van der Waals surface area contributed by atoms with Gasteiger partial charge >= 0.3 is 0 Å². The van der Waals surface area contributed by atoms with Gasteiger partial charge in [-0.3, -0.25) is 4.90 Å². The Morgan fingerprint density at radius 3 is 2.43 bits per heavy atom. The van der Waals surface area contributed by atoms with Crippen LogP contribution in [0.25, 0.3) is 0 Å². The molecule has 1 saturated carbocycles. The molecule has 2 atom stereocenters. The van der Waals surface area contributed by atoms with Crippen LogP contribution in [0.3, 0.4) is 0 Å². The van der Waals surface area contributed by atoms with Gasteiger partial charge in [-0.1, -0.05) is 13.3 Å². The van der Waals surface area contributed by atoms with Crippen molar-refractivity contribution in [3.63, 3.8) is 0 Å². The molecule has 1 aliphatic rings. The Kier molecular flexibility index (Phi) is 3.96. The van der Waals surface area contributed by atoms with Gasteiger partial charge in [-0.25, -0.2) is 0 Å². The summed E-state index contributed by atoms with van der Waals surface area (Å²) in [6, 6.07) is 0.704. The first kappa shape index (κ1) is 12.0. The van der Waals surface area contributed by atoms with Crippen molar-refractivity contribution in [1.82, 2.24) is 4.90 Å². The van der Waals surface area contributed by atoms with Crippen molar-refractivity contribution in [3.05, 3.63) is 0 Å². The van der Waals surface area contributed by atoms with E-state index >= 15 is 0 Å². The Morgan fingerprint density at radius 1 is 1.50 bits per heavy atom. The molecule has 0 aliphatic heterocycles. The lowest BCUT2D eigenvalue weighted by Gasteiger charge is -2.42. The highest BCUT2D eigenvalue weighted by atomic mass is 15.2. The minimum atomic E-state index is 0.205. The summed E-state index contributed by atoms with van der Waals surface area (Å²) in [6.07, 6.45) is 5.25.